The van der Waals surface area contributed by atoms with Gasteiger partial charge in [0.1, 0.15) is 12.4 Å². The Morgan fingerprint density at radius 2 is 1.67 bits per heavy atom. The Morgan fingerprint density at radius 1 is 0.900 bits per heavy atom. The quantitative estimate of drug-likeness (QED) is 0.391. The third-order valence-electron chi connectivity index (χ3n) is 4.53. The fraction of sp³-hybridized carbons (Fsp3) is 0.0833. The number of carbonyl (C=O) groups is 2. The van der Waals surface area contributed by atoms with Crippen LogP contribution in [0, 0.1) is 0 Å². The highest BCUT2D eigenvalue weighted by Crippen LogP contribution is 2.33. The Balaban J connectivity index is 1.46. The molecule has 0 bridgehead atoms. The number of amides is 2. The van der Waals surface area contributed by atoms with E-state index in [1.54, 1.807) is 6.08 Å². The Bertz CT molecular complexity index is 1100. The van der Waals surface area contributed by atoms with E-state index in [-0.39, 0.29) is 17.7 Å². The SMILES string of the molecule is O=C1S/C(=C/c2cccc(OCc3ccccc3)c2)C(=O)N1Cc1ccc(Br)cc1. The van der Waals surface area contributed by atoms with Crippen molar-refractivity contribution in [2.75, 3.05) is 0 Å². The van der Waals surface area contributed by atoms with Crippen molar-refractivity contribution in [1.29, 1.82) is 0 Å². The minimum absolute atomic E-state index is 0.259. The van der Waals surface area contributed by atoms with Crippen LogP contribution < -0.4 is 4.74 Å². The fourth-order valence-corrected chi connectivity index (χ4v) is 4.10. The van der Waals surface area contributed by atoms with Crippen molar-refractivity contribution in [3.05, 3.63) is 105 Å². The second kappa shape index (κ2) is 9.32. The first-order valence-electron chi connectivity index (χ1n) is 9.35. The smallest absolute Gasteiger partial charge is 0.293 e. The Kier molecular flexibility index (Phi) is 6.35. The molecule has 2 amide bonds. The topological polar surface area (TPSA) is 46.6 Å². The van der Waals surface area contributed by atoms with Crippen molar-refractivity contribution >= 4 is 44.9 Å². The third-order valence-corrected chi connectivity index (χ3v) is 5.97. The number of ether oxygens (including phenoxy) is 1. The number of carbonyl (C=O) groups excluding carboxylic acids is 2. The maximum Gasteiger partial charge on any atom is 0.293 e. The largest absolute Gasteiger partial charge is 0.489 e. The standard InChI is InChI=1S/C24H18BrNO3S/c25-20-11-9-17(10-12-20)15-26-23(27)22(30-24(26)28)14-19-7-4-8-21(13-19)29-16-18-5-2-1-3-6-18/h1-14H,15-16H2/b22-14+. The molecule has 0 saturated carbocycles. The molecule has 1 fully saturated rings. The lowest BCUT2D eigenvalue weighted by molar-refractivity contribution is -0.123. The van der Waals surface area contributed by atoms with E-state index in [0.29, 0.717) is 17.3 Å². The van der Waals surface area contributed by atoms with Crippen LogP contribution in [0.25, 0.3) is 6.08 Å². The molecule has 4 nitrogen and oxygen atoms in total. The van der Waals surface area contributed by atoms with Crippen molar-refractivity contribution in [3.8, 4) is 5.75 Å². The summed E-state index contributed by atoms with van der Waals surface area (Å²) in [5.41, 5.74) is 2.80. The lowest BCUT2D eigenvalue weighted by Crippen LogP contribution is -2.27. The van der Waals surface area contributed by atoms with Crippen LogP contribution in [0.15, 0.2) is 88.2 Å². The van der Waals surface area contributed by atoms with Crippen LogP contribution in [0.1, 0.15) is 16.7 Å². The Morgan fingerprint density at radius 3 is 2.43 bits per heavy atom. The summed E-state index contributed by atoms with van der Waals surface area (Å²) in [6.07, 6.45) is 1.74. The number of hydrogen-bond acceptors (Lipinski definition) is 4. The van der Waals surface area contributed by atoms with Crippen molar-refractivity contribution in [2.45, 2.75) is 13.2 Å². The molecular weight excluding hydrogens is 462 g/mol. The van der Waals surface area contributed by atoms with E-state index in [2.05, 4.69) is 15.9 Å². The number of benzene rings is 3. The van der Waals surface area contributed by atoms with E-state index in [1.165, 1.54) is 4.90 Å². The molecule has 0 N–H and O–H groups in total. The van der Waals surface area contributed by atoms with Crippen molar-refractivity contribution in [2.24, 2.45) is 0 Å². The van der Waals surface area contributed by atoms with Gasteiger partial charge in [-0.15, -0.1) is 0 Å². The minimum Gasteiger partial charge on any atom is -0.489 e. The normalized spacial score (nSPS) is 15.1. The zero-order valence-electron chi connectivity index (χ0n) is 16.0. The van der Waals surface area contributed by atoms with Gasteiger partial charge in [0.15, 0.2) is 0 Å². The van der Waals surface area contributed by atoms with Gasteiger partial charge >= 0.3 is 0 Å². The summed E-state index contributed by atoms with van der Waals surface area (Å²) < 4.78 is 6.81. The highest BCUT2D eigenvalue weighted by Gasteiger charge is 2.34. The highest BCUT2D eigenvalue weighted by molar-refractivity contribution is 9.10. The molecule has 1 aliphatic heterocycles. The summed E-state index contributed by atoms with van der Waals surface area (Å²) in [6.45, 7) is 0.726. The summed E-state index contributed by atoms with van der Waals surface area (Å²) >= 11 is 4.35. The summed E-state index contributed by atoms with van der Waals surface area (Å²) in [7, 11) is 0. The fourth-order valence-electron chi connectivity index (χ4n) is 3.00. The lowest BCUT2D eigenvalue weighted by Gasteiger charge is -2.12. The first-order chi connectivity index (χ1) is 14.6. The van der Waals surface area contributed by atoms with E-state index in [1.807, 2.05) is 78.9 Å². The average Bonchev–Trinajstić information content (AvgIpc) is 3.02. The van der Waals surface area contributed by atoms with Gasteiger partial charge in [0, 0.05) is 4.47 Å². The van der Waals surface area contributed by atoms with Crippen molar-refractivity contribution in [1.82, 2.24) is 4.90 Å². The first-order valence-corrected chi connectivity index (χ1v) is 11.0. The van der Waals surface area contributed by atoms with Crippen LogP contribution in [-0.2, 0) is 17.9 Å². The van der Waals surface area contributed by atoms with Gasteiger partial charge in [0.25, 0.3) is 11.1 Å². The molecule has 0 radical (unpaired) electrons. The van der Waals surface area contributed by atoms with Crippen molar-refractivity contribution < 1.29 is 14.3 Å². The van der Waals surface area contributed by atoms with Gasteiger partial charge in [-0.25, -0.2) is 0 Å². The van der Waals surface area contributed by atoms with Crippen LogP contribution in [-0.4, -0.2) is 16.0 Å². The van der Waals surface area contributed by atoms with Gasteiger partial charge in [-0.2, -0.15) is 0 Å². The number of thioether (sulfide) groups is 1. The van der Waals surface area contributed by atoms with Gasteiger partial charge < -0.3 is 4.74 Å². The van der Waals surface area contributed by atoms with Gasteiger partial charge in [0.2, 0.25) is 0 Å². The molecule has 0 spiro atoms. The molecule has 0 atom stereocenters. The van der Waals surface area contributed by atoms with E-state index in [4.69, 9.17) is 4.74 Å². The van der Waals surface area contributed by atoms with Crippen LogP contribution in [0.3, 0.4) is 0 Å². The van der Waals surface area contributed by atoms with Crippen LogP contribution >= 0.6 is 27.7 Å². The van der Waals surface area contributed by atoms with Crippen LogP contribution in [0.2, 0.25) is 0 Å². The van der Waals surface area contributed by atoms with E-state index in [9.17, 15) is 9.59 Å². The molecule has 30 heavy (non-hydrogen) atoms. The number of nitrogens with zero attached hydrogens (tertiary/aromatic N) is 1. The molecule has 1 aliphatic rings. The predicted molar refractivity (Wildman–Crippen MR) is 123 cm³/mol. The highest BCUT2D eigenvalue weighted by atomic mass is 79.9. The minimum atomic E-state index is -0.275. The molecule has 4 rings (SSSR count). The van der Waals surface area contributed by atoms with Gasteiger partial charge in [-0.05, 0) is 58.8 Å². The van der Waals surface area contributed by atoms with Gasteiger partial charge in [0.05, 0.1) is 11.4 Å². The number of hydrogen-bond donors (Lipinski definition) is 0. The molecule has 3 aromatic rings. The number of rotatable bonds is 6. The lowest BCUT2D eigenvalue weighted by atomic mass is 10.2. The first kappa shape index (κ1) is 20.4. The summed E-state index contributed by atoms with van der Waals surface area (Å²) in [5.74, 6) is 0.435. The summed E-state index contributed by atoms with van der Waals surface area (Å²) in [6, 6.07) is 25.0. The second-order valence-electron chi connectivity index (χ2n) is 6.74. The molecule has 1 saturated heterocycles. The maximum atomic E-state index is 12.8. The predicted octanol–water partition coefficient (Wildman–Crippen LogP) is 6.26. The third kappa shape index (κ3) is 5.01. The Hall–Kier alpha value is -2.83. The zero-order valence-corrected chi connectivity index (χ0v) is 18.4. The van der Waals surface area contributed by atoms with E-state index in [0.717, 1.165) is 32.9 Å². The van der Waals surface area contributed by atoms with Crippen molar-refractivity contribution in [3.63, 3.8) is 0 Å². The number of imide groups is 1. The monoisotopic (exact) mass is 479 g/mol. The maximum absolute atomic E-state index is 12.8. The van der Waals surface area contributed by atoms with E-state index < -0.39 is 0 Å². The summed E-state index contributed by atoms with van der Waals surface area (Å²) in [5, 5.41) is -0.259. The molecule has 1 heterocycles. The molecule has 6 heteroatoms. The van der Waals surface area contributed by atoms with Gasteiger partial charge in [-0.1, -0.05) is 70.5 Å². The molecule has 0 aromatic heterocycles. The van der Waals surface area contributed by atoms with Crippen LogP contribution in [0.4, 0.5) is 4.79 Å². The van der Waals surface area contributed by atoms with Gasteiger partial charge in [-0.3, -0.25) is 14.5 Å². The average molecular weight is 480 g/mol. The zero-order chi connectivity index (χ0) is 20.9. The van der Waals surface area contributed by atoms with E-state index >= 15 is 0 Å². The summed E-state index contributed by atoms with van der Waals surface area (Å²) in [4.78, 5) is 26.8. The molecule has 150 valence electrons. The Labute approximate surface area is 187 Å². The molecular formula is C24H18BrNO3S. The molecule has 0 unspecified atom stereocenters. The van der Waals surface area contributed by atoms with Crippen LogP contribution in [0.5, 0.6) is 5.75 Å². The molecule has 3 aromatic carbocycles. The number of halogens is 1. The molecule has 0 aliphatic carbocycles. The second-order valence-corrected chi connectivity index (χ2v) is 8.65.